The van der Waals surface area contributed by atoms with E-state index in [1.165, 1.54) is 5.70 Å². The van der Waals surface area contributed by atoms with E-state index in [2.05, 4.69) is 233 Å². The minimum Gasteiger partial charge on any atom is -0.311 e. The van der Waals surface area contributed by atoms with E-state index in [9.17, 15) is 0 Å². The predicted octanol–water partition coefficient (Wildman–Crippen LogP) is 14.7. The Morgan fingerprint density at radius 1 is 0.316 bits per heavy atom. The van der Waals surface area contributed by atoms with Gasteiger partial charge in [-0.05, 0) is 127 Å². The fourth-order valence-corrected chi connectivity index (χ4v) is 7.57. The Bertz CT molecular complexity index is 2420. The lowest BCUT2D eigenvalue weighted by Gasteiger charge is -2.30. The molecule has 0 bridgehead atoms. The summed E-state index contributed by atoms with van der Waals surface area (Å²) >= 11 is 0. The smallest absolute Gasteiger partial charge is 0.0488 e. The van der Waals surface area contributed by atoms with Crippen molar-refractivity contribution >= 4 is 45.5 Å². The summed E-state index contributed by atoms with van der Waals surface area (Å²) in [6.07, 6.45) is 12.9. The lowest BCUT2D eigenvalue weighted by Crippen LogP contribution is -2.16. The Kier molecular flexibility index (Phi) is 10.2. The quantitative estimate of drug-likeness (QED) is 0.132. The molecule has 0 spiro atoms. The van der Waals surface area contributed by atoms with Gasteiger partial charge < -0.3 is 14.7 Å². The molecule has 1 heterocycles. The Morgan fingerprint density at radius 2 is 0.719 bits per heavy atom. The lowest BCUT2D eigenvalue weighted by molar-refractivity contribution is 0.997. The molecule has 1 aliphatic rings. The summed E-state index contributed by atoms with van der Waals surface area (Å²) in [4.78, 5) is 11.8. The monoisotopic (exact) mass is 734 g/mol. The van der Waals surface area contributed by atoms with Gasteiger partial charge in [0.15, 0.2) is 0 Å². The first-order chi connectivity index (χ1) is 28.3. The molecule has 57 heavy (non-hydrogen) atoms. The Hall–Kier alpha value is -7.43. The van der Waals surface area contributed by atoms with Crippen molar-refractivity contribution in [3.63, 3.8) is 0 Å². The van der Waals surface area contributed by atoms with Gasteiger partial charge in [0.2, 0.25) is 0 Å². The maximum atomic E-state index is 4.84. The van der Waals surface area contributed by atoms with Crippen LogP contribution in [0.2, 0.25) is 0 Å². The third-order valence-electron chi connectivity index (χ3n) is 10.3. The molecule has 0 fully saturated rings. The number of para-hydroxylation sites is 5. The van der Waals surface area contributed by atoms with Crippen LogP contribution in [0.1, 0.15) is 12.8 Å². The summed E-state index contributed by atoms with van der Waals surface area (Å²) in [5.74, 6) is 0. The van der Waals surface area contributed by atoms with Crippen molar-refractivity contribution in [2.24, 2.45) is 0 Å². The van der Waals surface area contributed by atoms with E-state index < -0.39 is 0 Å². The second-order valence-corrected chi connectivity index (χ2v) is 14.0. The Labute approximate surface area is 335 Å². The highest BCUT2D eigenvalue weighted by molar-refractivity contribution is 5.88. The summed E-state index contributed by atoms with van der Waals surface area (Å²) in [6.45, 7) is 0. The van der Waals surface area contributed by atoms with Crippen molar-refractivity contribution in [3.8, 4) is 22.3 Å². The lowest BCUT2D eigenvalue weighted by atomic mass is 9.99. The SMILES string of the molecule is C1=CC(N(c2ccccc2)c2ccc(-c3cncc(-c4cc(N(c5ccccc5)c5ccccc5)cc(N(c5ccccc5)c5ccccc5)c4)c3)cc2)=CCC1. The predicted molar refractivity (Wildman–Crippen MR) is 240 cm³/mol. The van der Waals surface area contributed by atoms with Gasteiger partial charge in [0.1, 0.15) is 0 Å². The van der Waals surface area contributed by atoms with Gasteiger partial charge >= 0.3 is 0 Å². The van der Waals surface area contributed by atoms with Gasteiger partial charge in [0, 0.05) is 74.7 Å². The fraction of sp³-hybridized carbons (Fsp3) is 0.0377. The summed E-state index contributed by atoms with van der Waals surface area (Å²) in [7, 11) is 0. The normalized spacial score (nSPS) is 12.1. The summed E-state index contributed by atoms with van der Waals surface area (Å²) in [5.41, 5.74) is 14.1. The van der Waals surface area contributed by atoms with Crippen LogP contribution < -0.4 is 14.7 Å². The van der Waals surface area contributed by atoms with Crippen LogP contribution in [0.3, 0.4) is 0 Å². The minimum absolute atomic E-state index is 1.03. The van der Waals surface area contributed by atoms with Crippen LogP contribution in [0.5, 0.6) is 0 Å². The van der Waals surface area contributed by atoms with Crippen molar-refractivity contribution in [2.75, 3.05) is 14.7 Å². The number of hydrogen-bond acceptors (Lipinski definition) is 4. The molecule has 0 unspecified atom stereocenters. The molecular weight excluding hydrogens is 693 g/mol. The van der Waals surface area contributed by atoms with E-state index in [1.807, 2.05) is 12.4 Å². The van der Waals surface area contributed by atoms with Crippen LogP contribution in [-0.4, -0.2) is 4.98 Å². The van der Waals surface area contributed by atoms with E-state index in [4.69, 9.17) is 4.98 Å². The largest absolute Gasteiger partial charge is 0.311 e. The van der Waals surface area contributed by atoms with Gasteiger partial charge in [-0.3, -0.25) is 4.98 Å². The fourth-order valence-electron chi connectivity index (χ4n) is 7.57. The Balaban J connectivity index is 1.17. The van der Waals surface area contributed by atoms with E-state index >= 15 is 0 Å². The standard InChI is InChI=1S/C53H42N4/c1-7-19-45(20-8-1)55(46-21-9-2-10-22-46)51-33-31-41(32-34-51)43-35-44(40-54-39-43)42-36-52(56(47-23-11-3-12-24-47)48-25-13-4-14-26-48)38-53(37-42)57(49-27-15-5-16-28-49)50-29-17-6-18-30-50/h1,3-9,11-40H,2,10H2. The number of allylic oxidation sites excluding steroid dienone is 3. The van der Waals surface area contributed by atoms with Gasteiger partial charge in [0.05, 0.1) is 0 Å². The van der Waals surface area contributed by atoms with Crippen molar-refractivity contribution in [3.05, 3.63) is 237 Å². The van der Waals surface area contributed by atoms with Crippen LogP contribution in [0, 0.1) is 0 Å². The number of anilines is 8. The molecule has 1 aromatic heterocycles. The van der Waals surface area contributed by atoms with Gasteiger partial charge in [-0.1, -0.05) is 115 Å². The highest BCUT2D eigenvalue weighted by Crippen LogP contribution is 2.43. The third kappa shape index (κ3) is 7.75. The second-order valence-electron chi connectivity index (χ2n) is 14.0. The van der Waals surface area contributed by atoms with Crippen LogP contribution in [-0.2, 0) is 0 Å². The molecule has 0 saturated carbocycles. The van der Waals surface area contributed by atoms with E-state index in [0.29, 0.717) is 0 Å². The summed E-state index contributed by atoms with van der Waals surface area (Å²) < 4.78 is 0. The molecule has 0 aliphatic heterocycles. The summed E-state index contributed by atoms with van der Waals surface area (Å²) in [6, 6.07) is 70.9. The molecule has 0 amide bonds. The van der Waals surface area contributed by atoms with E-state index in [-0.39, 0.29) is 0 Å². The molecule has 4 heteroatoms. The molecule has 9 rings (SSSR count). The highest BCUT2D eigenvalue weighted by atomic mass is 15.2. The number of aromatic nitrogens is 1. The first-order valence-electron chi connectivity index (χ1n) is 19.5. The average molecular weight is 735 g/mol. The molecule has 7 aromatic carbocycles. The zero-order valence-corrected chi connectivity index (χ0v) is 31.6. The van der Waals surface area contributed by atoms with Crippen molar-refractivity contribution < 1.29 is 0 Å². The van der Waals surface area contributed by atoms with Crippen LogP contribution in [0.4, 0.5) is 45.5 Å². The maximum absolute atomic E-state index is 4.84. The van der Waals surface area contributed by atoms with Gasteiger partial charge in [0.25, 0.3) is 0 Å². The van der Waals surface area contributed by atoms with Crippen LogP contribution >= 0.6 is 0 Å². The molecule has 0 radical (unpaired) electrons. The number of benzene rings is 7. The molecule has 0 atom stereocenters. The Morgan fingerprint density at radius 3 is 1.14 bits per heavy atom. The second kappa shape index (κ2) is 16.5. The zero-order valence-electron chi connectivity index (χ0n) is 31.6. The summed E-state index contributed by atoms with van der Waals surface area (Å²) in [5, 5.41) is 0. The molecule has 0 N–H and O–H groups in total. The molecule has 1 aliphatic carbocycles. The van der Waals surface area contributed by atoms with Crippen molar-refractivity contribution in [1.29, 1.82) is 0 Å². The zero-order chi connectivity index (χ0) is 38.2. The van der Waals surface area contributed by atoms with Gasteiger partial charge in [-0.25, -0.2) is 0 Å². The van der Waals surface area contributed by atoms with Crippen LogP contribution in [0.15, 0.2) is 237 Å². The van der Waals surface area contributed by atoms with E-state index in [0.717, 1.165) is 80.6 Å². The highest BCUT2D eigenvalue weighted by Gasteiger charge is 2.20. The number of pyridine rings is 1. The molecule has 4 nitrogen and oxygen atoms in total. The topological polar surface area (TPSA) is 22.6 Å². The first-order valence-corrected chi connectivity index (χ1v) is 19.5. The maximum Gasteiger partial charge on any atom is 0.0488 e. The molecule has 274 valence electrons. The number of rotatable bonds is 11. The van der Waals surface area contributed by atoms with Gasteiger partial charge in [-0.15, -0.1) is 0 Å². The number of hydrogen-bond donors (Lipinski definition) is 0. The third-order valence-corrected chi connectivity index (χ3v) is 10.3. The van der Waals surface area contributed by atoms with E-state index in [1.54, 1.807) is 0 Å². The molecular formula is C53H42N4. The average Bonchev–Trinajstić information content (AvgIpc) is 3.29. The molecule has 0 saturated heterocycles. The van der Waals surface area contributed by atoms with Crippen LogP contribution in [0.25, 0.3) is 22.3 Å². The van der Waals surface area contributed by atoms with Crippen molar-refractivity contribution in [2.45, 2.75) is 12.8 Å². The number of nitrogens with zero attached hydrogens (tertiary/aromatic N) is 4. The minimum atomic E-state index is 1.03. The van der Waals surface area contributed by atoms with Crippen molar-refractivity contribution in [1.82, 2.24) is 4.98 Å². The van der Waals surface area contributed by atoms with Gasteiger partial charge in [-0.2, -0.15) is 0 Å². The first kappa shape index (κ1) is 35.3. The molecule has 8 aromatic rings.